The van der Waals surface area contributed by atoms with Crippen LogP contribution in [0.1, 0.15) is 6.42 Å². The highest BCUT2D eigenvalue weighted by atomic mass is 16.1. The van der Waals surface area contributed by atoms with Crippen LogP contribution in [0, 0.1) is 5.92 Å². The molecule has 1 unspecified atom stereocenters. The maximum absolute atomic E-state index is 12.1. The fourth-order valence-electron chi connectivity index (χ4n) is 2.21. The lowest BCUT2D eigenvalue weighted by molar-refractivity contribution is -0.119. The van der Waals surface area contributed by atoms with Crippen LogP contribution in [-0.2, 0) is 4.79 Å². The highest BCUT2D eigenvalue weighted by Crippen LogP contribution is 2.21. The van der Waals surface area contributed by atoms with E-state index in [1.165, 1.54) is 0 Å². The van der Waals surface area contributed by atoms with Crippen molar-refractivity contribution >= 4 is 22.5 Å². The standard InChI is InChI=1S/C13H14N4O/c18-13(9-1-4-14-7-9)17-12-3-6-16-11-2-5-15-8-10(11)12/h2-3,5-6,8-9,14H,1,4,7H2,(H,16,17,18). The Morgan fingerprint density at radius 3 is 3.17 bits per heavy atom. The topological polar surface area (TPSA) is 66.9 Å². The van der Waals surface area contributed by atoms with E-state index in [-0.39, 0.29) is 11.8 Å². The monoisotopic (exact) mass is 242 g/mol. The number of carbonyl (C=O) groups excluding carboxylic acids is 1. The predicted molar refractivity (Wildman–Crippen MR) is 69.1 cm³/mol. The molecule has 2 aromatic rings. The third-order valence-electron chi connectivity index (χ3n) is 3.23. The van der Waals surface area contributed by atoms with E-state index in [4.69, 9.17) is 0 Å². The molecule has 1 fully saturated rings. The molecule has 2 N–H and O–H groups in total. The lowest BCUT2D eigenvalue weighted by Crippen LogP contribution is -2.24. The van der Waals surface area contributed by atoms with Crippen molar-refractivity contribution in [2.45, 2.75) is 6.42 Å². The molecule has 1 amide bonds. The summed E-state index contributed by atoms with van der Waals surface area (Å²) in [5.74, 6) is 0.126. The zero-order valence-electron chi connectivity index (χ0n) is 9.89. The smallest absolute Gasteiger partial charge is 0.228 e. The minimum Gasteiger partial charge on any atom is -0.325 e. The summed E-state index contributed by atoms with van der Waals surface area (Å²) in [5.41, 5.74) is 1.62. The Hall–Kier alpha value is -2.01. The summed E-state index contributed by atoms with van der Waals surface area (Å²) in [4.78, 5) is 20.4. The first-order valence-corrected chi connectivity index (χ1v) is 6.05. The maximum atomic E-state index is 12.1. The number of hydrogen-bond acceptors (Lipinski definition) is 4. The van der Waals surface area contributed by atoms with Crippen LogP contribution in [0.2, 0.25) is 0 Å². The fourth-order valence-corrected chi connectivity index (χ4v) is 2.21. The SMILES string of the molecule is O=C(Nc1ccnc2ccncc12)C1CCNC1. The van der Waals surface area contributed by atoms with Crippen molar-refractivity contribution in [3.8, 4) is 0 Å². The number of aromatic nitrogens is 2. The molecule has 1 aliphatic rings. The zero-order chi connectivity index (χ0) is 12.4. The Bertz CT molecular complexity index is 573. The average molecular weight is 242 g/mol. The fraction of sp³-hybridized carbons (Fsp3) is 0.308. The van der Waals surface area contributed by atoms with Gasteiger partial charge in [-0.05, 0) is 25.1 Å². The Morgan fingerprint density at radius 2 is 2.33 bits per heavy atom. The van der Waals surface area contributed by atoms with E-state index in [0.717, 1.165) is 36.1 Å². The molecule has 0 aromatic carbocycles. The lowest BCUT2D eigenvalue weighted by atomic mass is 10.1. The zero-order valence-corrected chi connectivity index (χ0v) is 9.89. The van der Waals surface area contributed by atoms with Crippen LogP contribution in [0.3, 0.4) is 0 Å². The van der Waals surface area contributed by atoms with E-state index < -0.39 is 0 Å². The molecule has 0 radical (unpaired) electrons. The molecule has 0 spiro atoms. The predicted octanol–water partition coefficient (Wildman–Crippen LogP) is 1.18. The van der Waals surface area contributed by atoms with Crippen LogP contribution in [0.5, 0.6) is 0 Å². The molecule has 1 atom stereocenters. The Labute approximate surface area is 105 Å². The van der Waals surface area contributed by atoms with Crippen molar-refractivity contribution in [1.29, 1.82) is 0 Å². The molecule has 1 saturated heterocycles. The first kappa shape index (κ1) is 11.1. The normalized spacial score (nSPS) is 19.0. The quantitative estimate of drug-likeness (QED) is 0.829. The van der Waals surface area contributed by atoms with Gasteiger partial charge in [-0.25, -0.2) is 0 Å². The molecule has 92 valence electrons. The van der Waals surface area contributed by atoms with Crippen molar-refractivity contribution in [2.24, 2.45) is 5.92 Å². The molecule has 0 saturated carbocycles. The molecule has 18 heavy (non-hydrogen) atoms. The van der Waals surface area contributed by atoms with Gasteiger partial charge in [0.25, 0.3) is 0 Å². The van der Waals surface area contributed by atoms with E-state index in [0.29, 0.717) is 0 Å². The molecular formula is C13H14N4O. The van der Waals surface area contributed by atoms with Gasteiger partial charge in [0.2, 0.25) is 5.91 Å². The molecule has 5 heteroatoms. The van der Waals surface area contributed by atoms with Gasteiger partial charge in [-0.2, -0.15) is 0 Å². The second kappa shape index (κ2) is 4.70. The number of nitrogens with one attached hydrogen (secondary N) is 2. The van der Waals surface area contributed by atoms with Crippen molar-refractivity contribution in [3.05, 3.63) is 30.7 Å². The maximum Gasteiger partial charge on any atom is 0.228 e. The molecule has 3 rings (SSSR count). The Balaban J connectivity index is 1.88. The van der Waals surface area contributed by atoms with Crippen LogP contribution in [0.4, 0.5) is 5.69 Å². The minimum atomic E-state index is 0.0601. The molecule has 1 aliphatic heterocycles. The molecule has 2 aromatic heterocycles. The third kappa shape index (κ3) is 2.04. The van der Waals surface area contributed by atoms with Gasteiger partial charge in [-0.15, -0.1) is 0 Å². The number of amides is 1. The molecule has 0 aliphatic carbocycles. The van der Waals surface area contributed by atoms with E-state index in [1.54, 1.807) is 18.6 Å². The number of fused-ring (bicyclic) bond motifs is 1. The third-order valence-corrected chi connectivity index (χ3v) is 3.23. The summed E-state index contributed by atoms with van der Waals surface area (Å²) < 4.78 is 0. The second-order valence-electron chi connectivity index (χ2n) is 4.43. The van der Waals surface area contributed by atoms with Crippen LogP contribution in [-0.4, -0.2) is 29.0 Å². The number of rotatable bonds is 2. The van der Waals surface area contributed by atoms with Crippen molar-refractivity contribution in [3.63, 3.8) is 0 Å². The van der Waals surface area contributed by atoms with Crippen LogP contribution in [0.15, 0.2) is 30.7 Å². The minimum absolute atomic E-state index is 0.0601. The van der Waals surface area contributed by atoms with E-state index in [9.17, 15) is 4.79 Å². The van der Waals surface area contributed by atoms with Gasteiger partial charge < -0.3 is 10.6 Å². The van der Waals surface area contributed by atoms with Gasteiger partial charge in [0.1, 0.15) is 0 Å². The number of pyridine rings is 2. The van der Waals surface area contributed by atoms with Gasteiger partial charge in [0.05, 0.1) is 17.1 Å². The number of carbonyl (C=O) groups is 1. The highest BCUT2D eigenvalue weighted by molar-refractivity contribution is 6.01. The van der Waals surface area contributed by atoms with Gasteiger partial charge in [-0.3, -0.25) is 14.8 Å². The summed E-state index contributed by atoms with van der Waals surface area (Å²) >= 11 is 0. The second-order valence-corrected chi connectivity index (χ2v) is 4.43. The molecule has 3 heterocycles. The summed E-state index contributed by atoms with van der Waals surface area (Å²) in [6, 6.07) is 3.65. The average Bonchev–Trinajstić information content (AvgIpc) is 2.93. The summed E-state index contributed by atoms with van der Waals surface area (Å²) in [7, 11) is 0. The van der Waals surface area contributed by atoms with E-state index in [1.807, 2.05) is 12.1 Å². The van der Waals surface area contributed by atoms with Crippen molar-refractivity contribution < 1.29 is 4.79 Å². The highest BCUT2D eigenvalue weighted by Gasteiger charge is 2.22. The summed E-state index contributed by atoms with van der Waals surface area (Å²) in [6.07, 6.45) is 6.02. The van der Waals surface area contributed by atoms with Crippen molar-refractivity contribution in [1.82, 2.24) is 15.3 Å². The van der Waals surface area contributed by atoms with E-state index in [2.05, 4.69) is 20.6 Å². The van der Waals surface area contributed by atoms with Gasteiger partial charge >= 0.3 is 0 Å². The lowest BCUT2D eigenvalue weighted by Gasteiger charge is -2.11. The summed E-state index contributed by atoms with van der Waals surface area (Å²) in [5, 5.41) is 7.03. The number of hydrogen-bond donors (Lipinski definition) is 2. The molecule has 0 bridgehead atoms. The Kier molecular flexibility index (Phi) is 2.90. The summed E-state index contributed by atoms with van der Waals surface area (Å²) in [6.45, 7) is 1.67. The number of nitrogens with zero attached hydrogens (tertiary/aromatic N) is 2. The first-order valence-electron chi connectivity index (χ1n) is 6.05. The first-order chi connectivity index (χ1) is 8.84. The van der Waals surface area contributed by atoms with Crippen LogP contribution >= 0.6 is 0 Å². The van der Waals surface area contributed by atoms with Crippen LogP contribution < -0.4 is 10.6 Å². The Morgan fingerprint density at radius 1 is 1.39 bits per heavy atom. The largest absolute Gasteiger partial charge is 0.325 e. The van der Waals surface area contributed by atoms with Gasteiger partial charge in [0.15, 0.2) is 0 Å². The molecule has 5 nitrogen and oxygen atoms in total. The van der Waals surface area contributed by atoms with Gasteiger partial charge in [-0.1, -0.05) is 0 Å². The van der Waals surface area contributed by atoms with Crippen LogP contribution in [0.25, 0.3) is 10.9 Å². The van der Waals surface area contributed by atoms with Gasteiger partial charge in [0, 0.05) is 30.5 Å². The van der Waals surface area contributed by atoms with E-state index >= 15 is 0 Å². The van der Waals surface area contributed by atoms with Crippen molar-refractivity contribution in [2.75, 3.05) is 18.4 Å². The number of anilines is 1. The molecular weight excluding hydrogens is 228 g/mol.